The van der Waals surface area contributed by atoms with Gasteiger partial charge in [-0.2, -0.15) is 0 Å². The molecule has 0 unspecified atom stereocenters. The first-order valence-electron chi connectivity index (χ1n) is 6.70. The molecule has 0 radical (unpaired) electrons. The maximum atomic E-state index is 13.9. The first-order chi connectivity index (χ1) is 9.13. The number of hydrogen-bond acceptors (Lipinski definition) is 2. The van der Waals surface area contributed by atoms with E-state index in [1.807, 2.05) is 0 Å². The summed E-state index contributed by atoms with van der Waals surface area (Å²) in [7, 11) is 1.33. The summed E-state index contributed by atoms with van der Waals surface area (Å²) < 4.78 is 32.5. The van der Waals surface area contributed by atoms with E-state index in [4.69, 9.17) is 4.74 Å². The van der Waals surface area contributed by atoms with Crippen molar-refractivity contribution >= 4 is 5.78 Å². The summed E-state index contributed by atoms with van der Waals surface area (Å²) >= 11 is 0. The Morgan fingerprint density at radius 2 is 1.63 bits per heavy atom. The minimum absolute atomic E-state index is 0.0902. The third-order valence-corrected chi connectivity index (χ3v) is 3.72. The maximum Gasteiger partial charge on any atom is 0.171 e. The zero-order valence-corrected chi connectivity index (χ0v) is 11.0. The van der Waals surface area contributed by atoms with Crippen LogP contribution in [-0.2, 0) is 0 Å². The molecule has 19 heavy (non-hydrogen) atoms. The summed E-state index contributed by atoms with van der Waals surface area (Å²) in [5.74, 6) is -2.22. The van der Waals surface area contributed by atoms with Crippen molar-refractivity contribution in [2.75, 3.05) is 7.11 Å². The number of ether oxygens (including phenoxy) is 1. The molecule has 1 aromatic carbocycles. The summed E-state index contributed by atoms with van der Waals surface area (Å²) in [4.78, 5) is 12.3. The summed E-state index contributed by atoms with van der Waals surface area (Å²) in [5, 5.41) is 0. The highest BCUT2D eigenvalue weighted by atomic mass is 19.1. The fourth-order valence-corrected chi connectivity index (χ4v) is 2.65. The van der Waals surface area contributed by atoms with E-state index in [0.29, 0.717) is 0 Å². The molecule has 2 rings (SSSR count). The van der Waals surface area contributed by atoms with Crippen LogP contribution in [0.4, 0.5) is 8.78 Å². The molecule has 0 aromatic heterocycles. The smallest absolute Gasteiger partial charge is 0.171 e. The van der Waals surface area contributed by atoms with Crippen LogP contribution in [0, 0.1) is 17.6 Å². The molecule has 1 aliphatic rings. The molecule has 1 aliphatic carbocycles. The van der Waals surface area contributed by atoms with E-state index < -0.39 is 23.0 Å². The fraction of sp³-hybridized carbons (Fsp3) is 0.533. The van der Waals surface area contributed by atoms with E-state index in [1.165, 1.54) is 7.11 Å². The van der Waals surface area contributed by atoms with Gasteiger partial charge in [-0.3, -0.25) is 4.79 Å². The molecule has 0 saturated heterocycles. The van der Waals surface area contributed by atoms with Gasteiger partial charge in [0, 0.05) is 18.1 Å². The number of ketones is 1. The van der Waals surface area contributed by atoms with Gasteiger partial charge >= 0.3 is 0 Å². The Labute approximate surface area is 111 Å². The molecule has 2 nitrogen and oxygen atoms in total. The summed E-state index contributed by atoms with van der Waals surface area (Å²) in [6.07, 6.45) is 5.55. The van der Waals surface area contributed by atoms with Crippen LogP contribution >= 0.6 is 0 Å². The van der Waals surface area contributed by atoms with Crippen molar-refractivity contribution in [3.63, 3.8) is 0 Å². The Bertz CT molecular complexity index is 440. The molecule has 104 valence electrons. The number of rotatable bonds is 3. The van der Waals surface area contributed by atoms with Crippen LogP contribution in [0.15, 0.2) is 12.1 Å². The van der Waals surface area contributed by atoms with Crippen LogP contribution in [0.1, 0.15) is 48.9 Å². The van der Waals surface area contributed by atoms with Crippen LogP contribution in [0.25, 0.3) is 0 Å². The Kier molecular flexibility index (Phi) is 4.51. The molecule has 1 saturated carbocycles. The standard InChI is InChI=1S/C15H18F2O2/c1-19-11-8-12(16)14(13(17)9-11)15(18)10-6-4-2-3-5-7-10/h8-10H,2-7H2,1H3. The average molecular weight is 268 g/mol. The number of halogens is 2. The van der Waals surface area contributed by atoms with Gasteiger partial charge in [-0.25, -0.2) is 8.78 Å². The van der Waals surface area contributed by atoms with Gasteiger partial charge in [0.15, 0.2) is 5.78 Å². The number of carbonyl (C=O) groups excluding carboxylic acids is 1. The topological polar surface area (TPSA) is 26.3 Å². The lowest BCUT2D eigenvalue weighted by atomic mass is 9.90. The van der Waals surface area contributed by atoms with Gasteiger partial charge in [-0.15, -0.1) is 0 Å². The molecule has 4 heteroatoms. The van der Waals surface area contributed by atoms with E-state index >= 15 is 0 Å². The van der Waals surface area contributed by atoms with Crippen LogP contribution in [-0.4, -0.2) is 12.9 Å². The van der Waals surface area contributed by atoms with Gasteiger partial charge in [0.1, 0.15) is 17.4 Å². The monoisotopic (exact) mass is 268 g/mol. The predicted molar refractivity (Wildman–Crippen MR) is 68.4 cm³/mol. The number of hydrogen-bond donors (Lipinski definition) is 0. The third kappa shape index (κ3) is 3.11. The van der Waals surface area contributed by atoms with Crippen LogP contribution < -0.4 is 4.74 Å². The second-order valence-corrected chi connectivity index (χ2v) is 5.02. The van der Waals surface area contributed by atoms with Crippen molar-refractivity contribution in [1.82, 2.24) is 0 Å². The Morgan fingerprint density at radius 1 is 1.11 bits per heavy atom. The molecule has 0 bridgehead atoms. The summed E-state index contributed by atoms with van der Waals surface area (Å²) in [5.41, 5.74) is -0.410. The van der Waals surface area contributed by atoms with Gasteiger partial charge in [0.25, 0.3) is 0 Å². The summed E-state index contributed by atoms with van der Waals surface area (Å²) in [6, 6.07) is 2.13. The van der Waals surface area contributed by atoms with E-state index in [9.17, 15) is 13.6 Å². The SMILES string of the molecule is COc1cc(F)c(C(=O)C2CCCCCC2)c(F)c1. The van der Waals surface area contributed by atoms with E-state index in [0.717, 1.165) is 50.7 Å². The zero-order valence-electron chi connectivity index (χ0n) is 11.0. The number of methoxy groups -OCH3 is 1. The normalized spacial score (nSPS) is 17.0. The molecule has 0 atom stereocenters. The minimum Gasteiger partial charge on any atom is -0.497 e. The van der Waals surface area contributed by atoms with E-state index in [1.54, 1.807) is 0 Å². The molecule has 0 amide bonds. The first-order valence-corrected chi connectivity index (χ1v) is 6.70. The number of carbonyl (C=O) groups is 1. The largest absolute Gasteiger partial charge is 0.497 e. The highest BCUT2D eigenvalue weighted by Gasteiger charge is 2.27. The highest BCUT2D eigenvalue weighted by Crippen LogP contribution is 2.29. The molecule has 1 aromatic rings. The van der Waals surface area contributed by atoms with Crippen LogP contribution in [0.5, 0.6) is 5.75 Å². The van der Waals surface area contributed by atoms with Crippen LogP contribution in [0.2, 0.25) is 0 Å². The second kappa shape index (κ2) is 6.13. The lowest BCUT2D eigenvalue weighted by Gasteiger charge is -2.14. The van der Waals surface area contributed by atoms with Crippen molar-refractivity contribution < 1.29 is 18.3 Å². The molecule has 0 spiro atoms. The molecule has 1 fully saturated rings. The molecular formula is C15H18F2O2. The fourth-order valence-electron chi connectivity index (χ4n) is 2.65. The Balaban J connectivity index is 2.27. The molecule has 0 heterocycles. The van der Waals surface area contributed by atoms with Gasteiger partial charge in [-0.1, -0.05) is 25.7 Å². The van der Waals surface area contributed by atoms with Gasteiger partial charge < -0.3 is 4.74 Å². The van der Waals surface area contributed by atoms with Gasteiger partial charge in [0.05, 0.1) is 12.7 Å². The zero-order chi connectivity index (χ0) is 13.8. The van der Waals surface area contributed by atoms with E-state index in [-0.39, 0.29) is 11.7 Å². The van der Waals surface area contributed by atoms with E-state index in [2.05, 4.69) is 0 Å². The molecular weight excluding hydrogens is 250 g/mol. The molecule has 0 N–H and O–H groups in total. The predicted octanol–water partition coefficient (Wildman–Crippen LogP) is 4.13. The minimum atomic E-state index is -0.828. The lowest BCUT2D eigenvalue weighted by Crippen LogP contribution is -2.17. The Morgan fingerprint density at radius 3 is 2.11 bits per heavy atom. The quantitative estimate of drug-likeness (QED) is 0.608. The summed E-state index contributed by atoms with van der Waals surface area (Å²) in [6.45, 7) is 0. The Hall–Kier alpha value is -1.45. The first kappa shape index (κ1) is 14.0. The van der Waals surface area contributed by atoms with Crippen LogP contribution in [0.3, 0.4) is 0 Å². The van der Waals surface area contributed by atoms with Crippen molar-refractivity contribution in [3.8, 4) is 5.75 Å². The number of Topliss-reactive ketones (excluding diaryl/α,β-unsaturated/α-hetero) is 1. The lowest BCUT2D eigenvalue weighted by molar-refractivity contribution is 0.0899. The number of benzene rings is 1. The highest BCUT2D eigenvalue weighted by molar-refractivity contribution is 5.98. The van der Waals surface area contributed by atoms with Gasteiger partial charge in [-0.05, 0) is 12.8 Å². The molecule has 0 aliphatic heterocycles. The average Bonchev–Trinajstić information content (AvgIpc) is 2.66. The second-order valence-electron chi connectivity index (χ2n) is 5.02. The third-order valence-electron chi connectivity index (χ3n) is 3.72. The van der Waals surface area contributed by atoms with Gasteiger partial charge in [0.2, 0.25) is 0 Å². The van der Waals surface area contributed by atoms with Crippen molar-refractivity contribution in [1.29, 1.82) is 0 Å². The maximum absolute atomic E-state index is 13.9. The van der Waals surface area contributed by atoms with Crippen molar-refractivity contribution in [2.24, 2.45) is 5.92 Å². The van der Waals surface area contributed by atoms with Crippen molar-refractivity contribution in [2.45, 2.75) is 38.5 Å². The van der Waals surface area contributed by atoms with Crippen molar-refractivity contribution in [3.05, 3.63) is 29.3 Å².